The van der Waals surface area contributed by atoms with Gasteiger partial charge in [0.1, 0.15) is 0 Å². The summed E-state index contributed by atoms with van der Waals surface area (Å²) in [4.78, 5) is 15.8. The van der Waals surface area contributed by atoms with Crippen molar-refractivity contribution in [1.29, 1.82) is 0 Å². The van der Waals surface area contributed by atoms with Crippen molar-refractivity contribution in [1.82, 2.24) is 24.5 Å². The van der Waals surface area contributed by atoms with Gasteiger partial charge in [-0.3, -0.25) is 0 Å². The molecular formula is C16H13F3N6OSe. The van der Waals surface area contributed by atoms with Crippen LogP contribution >= 0.6 is 0 Å². The Kier molecular flexibility index (Phi) is 5.12. The van der Waals surface area contributed by atoms with Gasteiger partial charge in [-0.25, -0.2) is 0 Å². The number of aryl methyl sites for hydroxylation is 1. The molecule has 27 heavy (non-hydrogen) atoms. The van der Waals surface area contributed by atoms with Crippen LogP contribution in [0.15, 0.2) is 30.9 Å². The summed E-state index contributed by atoms with van der Waals surface area (Å²) < 4.78 is 41.8. The summed E-state index contributed by atoms with van der Waals surface area (Å²) in [6.45, 7) is -0.0217. The van der Waals surface area contributed by atoms with Gasteiger partial charge in [0, 0.05) is 0 Å². The predicted octanol–water partition coefficient (Wildman–Crippen LogP) is 0.281. The van der Waals surface area contributed by atoms with Crippen LogP contribution < -0.4 is 15.6 Å². The second-order valence-corrected chi connectivity index (χ2v) is 7.58. The molecule has 0 aromatic carbocycles. The van der Waals surface area contributed by atoms with Crippen LogP contribution in [0.2, 0.25) is 0 Å². The van der Waals surface area contributed by atoms with E-state index in [-0.39, 0.29) is 28.4 Å². The number of halogens is 3. The van der Waals surface area contributed by atoms with Crippen LogP contribution in [0.4, 0.5) is 19.0 Å². The molecule has 0 fully saturated rings. The van der Waals surface area contributed by atoms with Gasteiger partial charge in [0.2, 0.25) is 0 Å². The number of nitrogens with two attached hydrogens (primary N) is 1. The van der Waals surface area contributed by atoms with E-state index in [4.69, 9.17) is 5.73 Å². The van der Waals surface area contributed by atoms with Gasteiger partial charge in [0.15, 0.2) is 0 Å². The molecule has 3 aromatic heterocycles. The van der Waals surface area contributed by atoms with Crippen molar-refractivity contribution in [2.45, 2.75) is 5.07 Å². The quantitative estimate of drug-likeness (QED) is 0.452. The van der Waals surface area contributed by atoms with E-state index in [1.807, 2.05) is 0 Å². The molecule has 7 nitrogen and oxygen atoms in total. The number of anilines is 1. The number of nitrogens with zero attached hydrogens (tertiary/aromatic N) is 4. The van der Waals surface area contributed by atoms with Crippen molar-refractivity contribution in [3.63, 3.8) is 0 Å². The molecule has 11 heteroatoms. The van der Waals surface area contributed by atoms with E-state index in [0.29, 0.717) is 11.1 Å². The molecule has 3 rings (SSSR count). The molecule has 140 valence electrons. The molecule has 0 aliphatic heterocycles. The van der Waals surface area contributed by atoms with Crippen molar-refractivity contribution in [2.24, 2.45) is 7.05 Å². The number of rotatable bonds is 3. The third-order valence-electron chi connectivity index (χ3n) is 3.42. The maximum absolute atomic E-state index is 13.0. The van der Waals surface area contributed by atoms with Gasteiger partial charge in [-0.05, 0) is 0 Å². The van der Waals surface area contributed by atoms with E-state index < -0.39 is 20.0 Å². The molecule has 0 saturated heterocycles. The number of nitrogens with one attached hydrogen (secondary N) is 1. The normalized spacial score (nSPS) is 11.3. The number of aromatic nitrogens is 4. The zero-order chi connectivity index (χ0) is 19.6. The first-order valence-electron chi connectivity index (χ1n) is 7.51. The summed E-state index contributed by atoms with van der Waals surface area (Å²) in [5.74, 6) is 5.12. The van der Waals surface area contributed by atoms with Crippen LogP contribution in [-0.4, -0.2) is 51.6 Å². The van der Waals surface area contributed by atoms with Crippen LogP contribution in [0.25, 0.3) is 5.52 Å². The van der Waals surface area contributed by atoms with Gasteiger partial charge in [-0.2, -0.15) is 0 Å². The summed E-state index contributed by atoms with van der Waals surface area (Å²) in [7, 11) is 1.68. The van der Waals surface area contributed by atoms with Crippen LogP contribution in [0.3, 0.4) is 0 Å². The molecule has 0 aliphatic rings. The van der Waals surface area contributed by atoms with Crippen molar-refractivity contribution in [3.05, 3.63) is 42.0 Å². The Bertz CT molecular complexity index is 1060. The number of alkyl halides is 3. The average Bonchev–Trinajstić information content (AvgIpc) is 3.16. The number of carbonyl (C=O) groups is 1. The van der Waals surface area contributed by atoms with Crippen LogP contribution in [0.5, 0.6) is 0 Å². The predicted molar refractivity (Wildman–Crippen MR) is 93.5 cm³/mol. The summed E-state index contributed by atoms with van der Waals surface area (Å²) >= 11 is -1.81. The Hall–Kier alpha value is -2.96. The standard InChI is InChI=1S/C16H13F3N6OSe/c1-24-9-11(8-23-24)14(26)22-4-2-3-10-7-12-13(20)21-5-6-25(12)15(10)27-16(17,18)19/h5-9H,4H2,1H3,(H2,20,21)(H,22,26). The van der Waals surface area contributed by atoms with Gasteiger partial charge in [-0.1, -0.05) is 0 Å². The molecule has 3 heterocycles. The van der Waals surface area contributed by atoms with Gasteiger partial charge in [0.25, 0.3) is 0 Å². The van der Waals surface area contributed by atoms with Gasteiger partial charge < -0.3 is 0 Å². The Morgan fingerprint density at radius 1 is 1.44 bits per heavy atom. The Morgan fingerprint density at radius 3 is 2.89 bits per heavy atom. The molecule has 0 unspecified atom stereocenters. The summed E-state index contributed by atoms with van der Waals surface area (Å²) in [6, 6.07) is 1.47. The van der Waals surface area contributed by atoms with E-state index in [0.717, 1.165) is 0 Å². The second kappa shape index (κ2) is 7.34. The molecule has 3 N–H and O–H groups in total. The van der Waals surface area contributed by atoms with E-state index in [1.165, 1.54) is 33.7 Å². The van der Waals surface area contributed by atoms with Gasteiger partial charge >= 0.3 is 157 Å². The minimum absolute atomic E-state index is 0.0217. The number of carbonyl (C=O) groups excluding carboxylic acids is 1. The molecule has 0 saturated carbocycles. The summed E-state index contributed by atoms with van der Waals surface area (Å²) in [5, 5.41) is 2.11. The zero-order valence-corrected chi connectivity index (χ0v) is 15.6. The van der Waals surface area contributed by atoms with Gasteiger partial charge in [0.05, 0.1) is 0 Å². The minimum atomic E-state index is -4.34. The summed E-state index contributed by atoms with van der Waals surface area (Å²) in [6.07, 6.45) is 5.71. The first-order valence-corrected chi connectivity index (χ1v) is 9.23. The zero-order valence-electron chi connectivity index (χ0n) is 13.9. The third kappa shape index (κ3) is 4.42. The number of nitrogen functional groups attached to an aromatic ring is 1. The fraction of sp³-hybridized carbons (Fsp3) is 0.188. The first-order chi connectivity index (χ1) is 12.7. The van der Waals surface area contributed by atoms with E-state index in [1.54, 1.807) is 13.2 Å². The Labute approximate surface area is 157 Å². The van der Waals surface area contributed by atoms with Crippen molar-refractivity contribution in [3.8, 4) is 11.8 Å². The molecule has 0 aliphatic carbocycles. The van der Waals surface area contributed by atoms with E-state index in [9.17, 15) is 18.0 Å². The number of fused-ring (bicyclic) bond motifs is 1. The second-order valence-electron chi connectivity index (χ2n) is 5.37. The number of amides is 1. The molecule has 0 bridgehead atoms. The third-order valence-corrected chi connectivity index (χ3v) is 5.19. The topological polar surface area (TPSA) is 90.2 Å². The molecule has 0 radical (unpaired) electrons. The van der Waals surface area contributed by atoms with Crippen LogP contribution in [-0.2, 0) is 7.05 Å². The number of hydrogen-bond donors (Lipinski definition) is 2. The molecule has 3 aromatic rings. The van der Waals surface area contributed by atoms with E-state index in [2.05, 4.69) is 27.2 Å². The van der Waals surface area contributed by atoms with Crippen LogP contribution in [0, 0.1) is 11.8 Å². The number of hydrogen-bond acceptors (Lipinski definition) is 4. The van der Waals surface area contributed by atoms with Crippen LogP contribution in [0.1, 0.15) is 15.9 Å². The average molecular weight is 441 g/mol. The molecule has 1 amide bonds. The van der Waals surface area contributed by atoms with E-state index >= 15 is 0 Å². The fourth-order valence-corrected chi connectivity index (χ4v) is 3.77. The van der Waals surface area contributed by atoms with Crippen molar-refractivity contribution < 1.29 is 18.0 Å². The van der Waals surface area contributed by atoms with Gasteiger partial charge in [-0.15, -0.1) is 0 Å². The maximum atomic E-state index is 13.0. The fourth-order valence-electron chi connectivity index (χ4n) is 2.31. The molecular weight excluding hydrogens is 428 g/mol. The Morgan fingerprint density at radius 2 is 2.22 bits per heavy atom. The Balaban J connectivity index is 1.82. The molecule has 0 spiro atoms. The first kappa shape index (κ1) is 18.8. The molecule has 0 atom stereocenters. The SMILES string of the molecule is Cn1cc(C(=O)NCC#Cc2cc3c(N)nccn3c2[Se]C(F)(F)F)cn1. The van der Waals surface area contributed by atoms with Crippen molar-refractivity contribution >= 4 is 36.8 Å². The van der Waals surface area contributed by atoms with Crippen molar-refractivity contribution in [2.75, 3.05) is 12.3 Å². The summed E-state index contributed by atoms with van der Waals surface area (Å²) in [5.41, 5.74) is 6.69. The monoisotopic (exact) mass is 442 g/mol.